The van der Waals surface area contributed by atoms with E-state index in [1.807, 2.05) is 57.3 Å². The van der Waals surface area contributed by atoms with Gasteiger partial charge in [0.25, 0.3) is 0 Å². The van der Waals surface area contributed by atoms with E-state index in [1.54, 1.807) is 25.4 Å². The molecule has 0 aliphatic rings. The molecule has 0 aliphatic heterocycles. The molecule has 0 fully saturated rings. The van der Waals surface area contributed by atoms with Crippen molar-refractivity contribution in [1.29, 1.82) is 0 Å². The summed E-state index contributed by atoms with van der Waals surface area (Å²) < 4.78 is 8.57. The van der Waals surface area contributed by atoms with E-state index in [1.165, 1.54) is 0 Å². The summed E-state index contributed by atoms with van der Waals surface area (Å²) in [4.78, 5) is 13.2. The molecule has 2 aromatic heterocycles. The summed E-state index contributed by atoms with van der Waals surface area (Å²) >= 11 is 1.54. The van der Waals surface area contributed by atoms with Crippen LogP contribution in [0.15, 0.2) is 53.7 Å². The van der Waals surface area contributed by atoms with Crippen molar-refractivity contribution in [3.63, 3.8) is 0 Å². The molecule has 140 valence electrons. The van der Waals surface area contributed by atoms with Crippen LogP contribution in [0.2, 0.25) is 0 Å². The molecule has 0 amide bonds. The van der Waals surface area contributed by atoms with Gasteiger partial charge in [0.15, 0.2) is 0 Å². The van der Waals surface area contributed by atoms with Gasteiger partial charge in [-0.25, -0.2) is 9.97 Å². The van der Waals surface area contributed by atoms with Gasteiger partial charge in [-0.1, -0.05) is 32.0 Å². The molecular formula is C20H23N5OS. The van der Waals surface area contributed by atoms with Gasteiger partial charge in [0.1, 0.15) is 23.5 Å². The van der Waals surface area contributed by atoms with E-state index in [9.17, 15) is 0 Å². The first kappa shape index (κ1) is 19.0. The Morgan fingerprint density at radius 2 is 1.89 bits per heavy atom. The number of H-pyrrole nitrogens is 1. The lowest BCUT2D eigenvalue weighted by atomic mass is 10.2. The second-order valence-electron chi connectivity index (χ2n) is 5.41. The number of para-hydroxylation sites is 1. The number of aromatic amines is 1. The Morgan fingerprint density at radius 1 is 1.07 bits per heavy atom. The molecule has 4 aromatic rings. The van der Waals surface area contributed by atoms with Gasteiger partial charge in [-0.3, -0.25) is 4.72 Å². The lowest BCUT2D eigenvalue weighted by Crippen LogP contribution is -1.99. The Bertz CT molecular complexity index is 1050. The van der Waals surface area contributed by atoms with Crippen molar-refractivity contribution in [3.8, 4) is 5.75 Å². The second-order valence-corrected chi connectivity index (χ2v) is 6.49. The molecule has 2 aromatic carbocycles. The third-order valence-corrected chi connectivity index (χ3v) is 4.63. The molecule has 27 heavy (non-hydrogen) atoms. The molecule has 0 saturated heterocycles. The first-order chi connectivity index (χ1) is 13.3. The number of hydrogen-bond acceptors (Lipinski definition) is 6. The van der Waals surface area contributed by atoms with Crippen molar-refractivity contribution in [3.05, 3.63) is 48.8 Å². The number of anilines is 2. The predicted octanol–water partition coefficient (Wildman–Crippen LogP) is 5.12. The Kier molecular flexibility index (Phi) is 6.16. The maximum atomic E-state index is 5.49. The number of hydrogen-bond donors (Lipinski definition) is 3. The third-order valence-electron chi connectivity index (χ3n) is 3.94. The molecule has 6 nitrogen and oxygen atoms in total. The first-order valence-electron chi connectivity index (χ1n) is 8.80. The summed E-state index contributed by atoms with van der Waals surface area (Å²) in [5.41, 5.74) is 2.69. The van der Waals surface area contributed by atoms with Gasteiger partial charge in [-0.05, 0) is 43.3 Å². The lowest BCUT2D eigenvalue weighted by molar-refractivity contribution is 0.416. The fraction of sp³-hybridized carbons (Fsp3) is 0.200. The largest absolute Gasteiger partial charge is 0.495 e. The van der Waals surface area contributed by atoms with Crippen LogP contribution in [0.1, 0.15) is 13.8 Å². The van der Waals surface area contributed by atoms with Gasteiger partial charge in [0.2, 0.25) is 0 Å². The van der Waals surface area contributed by atoms with Crippen LogP contribution in [-0.2, 0) is 0 Å². The van der Waals surface area contributed by atoms with E-state index >= 15 is 0 Å². The Labute approximate surface area is 162 Å². The van der Waals surface area contributed by atoms with Gasteiger partial charge in [0, 0.05) is 15.8 Å². The zero-order chi connectivity index (χ0) is 19.2. The zero-order valence-electron chi connectivity index (χ0n) is 15.8. The van der Waals surface area contributed by atoms with E-state index in [-0.39, 0.29) is 0 Å². The van der Waals surface area contributed by atoms with Crippen LogP contribution in [0.25, 0.3) is 21.9 Å². The number of nitrogens with one attached hydrogen (secondary N) is 3. The number of aromatic nitrogens is 3. The molecule has 0 aliphatic carbocycles. The number of rotatable bonds is 5. The molecule has 3 N–H and O–H groups in total. The molecule has 0 radical (unpaired) electrons. The van der Waals surface area contributed by atoms with Crippen LogP contribution in [0, 0.1) is 0 Å². The summed E-state index contributed by atoms with van der Waals surface area (Å²) in [5, 5.41) is 5.45. The zero-order valence-corrected chi connectivity index (χ0v) is 16.6. The first-order valence-corrected chi connectivity index (χ1v) is 9.62. The van der Waals surface area contributed by atoms with Crippen molar-refractivity contribution in [2.75, 3.05) is 19.5 Å². The van der Waals surface area contributed by atoms with Gasteiger partial charge in [-0.15, -0.1) is 0 Å². The summed E-state index contributed by atoms with van der Waals surface area (Å²) in [6.45, 7) is 4.00. The van der Waals surface area contributed by atoms with Crippen LogP contribution in [-0.4, -0.2) is 29.1 Å². The highest BCUT2D eigenvalue weighted by Gasteiger charge is 2.13. The van der Waals surface area contributed by atoms with Gasteiger partial charge >= 0.3 is 0 Å². The summed E-state index contributed by atoms with van der Waals surface area (Å²) in [6.07, 6.45) is 1.55. The fourth-order valence-electron chi connectivity index (χ4n) is 2.86. The van der Waals surface area contributed by atoms with Gasteiger partial charge in [0.05, 0.1) is 18.2 Å². The SMILES string of the molecule is CC.CNSc1ccc(OC)c(Nc2ncnc3[nH]c4ccccc4c23)c1. The van der Waals surface area contributed by atoms with Crippen molar-refractivity contribution in [2.45, 2.75) is 18.7 Å². The molecule has 7 heteroatoms. The molecule has 0 unspecified atom stereocenters. The normalized spacial score (nSPS) is 10.5. The van der Waals surface area contributed by atoms with Crippen molar-refractivity contribution in [1.82, 2.24) is 19.7 Å². The third kappa shape index (κ3) is 3.84. The van der Waals surface area contributed by atoms with E-state index in [4.69, 9.17) is 4.74 Å². The number of fused-ring (bicyclic) bond motifs is 3. The Balaban J connectivity index is 0.00000102. The number of ether oxygens (including phenoxy) is 1. The highest BCUT2D eigenvalue weighted by Crippen LogP contribution is 2.35. The molecule has 0 saturated carbocycles. The molecule has 0 atom stereocenters. The highest BCUT2D eigenvalue weighted by molar-refractivity contribution is 7.97. The van der Waals surface area contributed by atoms with E-state index in [2.05, 4.69) is 31.1 Å². The average Bonchev–Trinajstić information content (AvgIpc) is 3.10. The minimum Gasteiger partial charge on any atom is -0.495 e. The number of methoxy groups -OCH3 is 1. The number of nitrogens with zero attached hydrogens (tertiary/aromatic N) is 2. The second kappa shape index (κ2) is 8.75. The van der Waals surface area contributed by atoms with Crippen LogP contribution >= 0.6 is 11.9 Å². The fourth-order valence-corrected chi connectivity index (χ4v) is 3.41. The molecular weight excluding hydrogens is 358 g/mol. The predicted molar refractivity (Wildman–Crippen MR) is 114 cm³/mol. The topological polar surface area (TPSA) is 74.9 Å². The highest BCUT2D eigenvalue weighted by atomic mass is 32.2. The van der Waals surface area contributed by atoms with Crippen LogP contribution in [0.3, 0.4) is 0 Å². The molecule has 0 bridgehead atoms. The smallest absolute Gasteiger partial charge is 0.144 e. The lowest BCUT2D eigenvalue weighted by Gasteiger charge is -2.12. The molecule has 0 spiro atoms. The van der Waals surface area contributed by atoms with Crippen molar-refractivity contribution >= 4 is 45.4 Å². The van der Waals surface area contributed by atoms with Crippen LogP contribution in [0.4, 0.5) is 11.5 Å². The van der Waals surface area contributed by atoms with Gasteiger partial charge in [-0.2, -0.15) is 0 Å². The quantitative estimate of drug-likeness (QED) is 0.417. The van der Waals surface area contributed by atoms with Gasteiger partial charge < -0.3 is 15.0 Å². The van der Waals surface area contributed by atoms with E-state index in [0.29, 0.717) is 0 Å². The van der Waals surface area contributed by atoms with Crippen LogP contribution < -0.4 is 14.8 Å². The maximum Gasteiger partial charge on any atom is 0.144 e. The summed E-state index contributed by atoms with van der Waals surface area (Å²) in [6, 6.07) is 14.1. The minimum atomic E-state index is 0.743. The molecule has 4 rings (SSSR count). The van der Waals surface area contributed by atoms with E-state index < -0.39 is 0 Å². The Hall–Kier alpha value is -2.77. The average molecular weight is 382 g/mol. The monoisotopic (exact) mass is 381 g/mol. The van der Waals surface area contributed by atoms with E-state index in [0.717, 1.165) is 44.1 Å². The number of benzene rings is 2. The van der Waals surface area contributed by atoms with Crippen molar-refractivity contribution < 1.29 is 4.74 Å². The summed E-state index contributed by atoms with van der Waals surface area (Å²) in [5.74, 6) is 1.50. The molecule has 2 heterocycles. The Morgan fingerprint density at radius 3 is 2.67 bits per heavy atom. The standard InChI is InChI=1S/C18H17N5OS.C2H6/c1-19-25-11-7-8-15(24-2)14(9-11)23-18-16-12-5-3-4-6-13(12)22-17(16)20-10-21-18;1-2/h3-10,19H,1-2H3,(H2,20,21,22,23);1-2H3. The minimum absolute atomic E-state index is 0.743. The maximum absolute atomic E-state index is 5.49. The van der Waals surface area contributed by atoms with Crippen LogP contribution in [0.5, 0.6) is 5.75 Å². The van der Waals surface area contributed by atoms with Crippen molar-refractivity contribution in [2.24, 2.45) is 0 Å². The summed E-state index contributed by atoms with van der Waals surface area (Å²) in [7, 11) is 3.55.